The molecular formula is C14H21N5. The molecule has 0 saturated heterocycles. The van der Waals surface area contributed by atoms with Gasteiger partial charge in [-0.3, -0.25) is 5.10 Å². The zero-order chi connectivity index (χ0) is 14.0. The number of nitrogens with zero attached hydrogens (tertiary/aromatic N) is 3. The van der Waals surface area contributed by atoms with Gasteiger partial charge in [0.15, 0.2) is 0 Å². The number of hydrogen-bond acceptors (Lipinski definition) is 4. The van der Waals surface area contributed by atoms with E-state index in [0.717, 1.165) is 22.9 Å². The quantitative estimate of drug-likeness (QED) is 0.885. The number of aromatic nitrogens is 4. The van der Waals surface area contributed by atoms with Crippen LogP contribution in [-0.4, -0.2) is 20.2 Å². The lowest BCUT2D eigenvalue weighted by molar-refractivity contribution is 0.805. The highest BCUT2D eigenvalue weighted by molar-refractivity contribution is 5.41. The number of H-pyrrole nitrogens is 1. The van der Waals surface area contributed by atoms with Crippen molar-refractivity contribution in [1.29, 1.82) is 0 Å². The standard InChI is InChI=1S/C14H21N5/c1-8(2)12-6-13(16-7-15-12)17-9(3)14-10(4)18-19-11(14)5/h6-9H,1-5H3,(H,18,19)(H,15,16,17)/t9-/m1/s1. The first-order chi connectivity index (χ1) is 8.99. The van der Waals surface area contributed by atoms with Crippen LogP contribution in [0.1, 0.15) is 55.4 Å². The van der Waals surface area contributed by atoms with Gasteiger partial charge in [-0.25, -0.2) is 9.97 Å². The van der Waals surface area contributed by atoms with E-state index in [9.17, 15) is 0 Å². The first kappa shape index (κ1) is 13.5. The van der Waals surface area contributed by atoms with Crippen LogP contribution in [-0.2, 0) is 0 Å². The number of aromatic amines is 1. The fourth-order valence-electron chi connectivity index (χ4n) is 2.26. The molecule has 0 spiro atoms. The van der Waals surface area contributed by atoms with Gasteiger partial charge in [0.25, 0.3) is 0 Å². The minimum atomic E-state index is 0.161. The molecule has 5 heteroatoms. The Balaban J connectivity index is 2.19. The highest BCUT2D eigenvalue weighted by atomic mass is 15.1. The van der Waals surface area contributed by atoms with E-state index in [0.29, 0.717) is 5.92 Å². The van der Waals surface area contributed by atoms with Crippen molar-refractivity contribution >= 4 is 5.82 Å². The summed E-state index contributed by atoms with van der Waals surface area (Å²) in [7, 11) is 0. The maximum atomic E-state index is 4.28. The third-order valence-corrected chi connectivity index (χ3v) is 3.26. The maximum Gasteiger partial charge on any atom is 0.130 e. The highest BCUT2D eigenvalue weighted by Gasteiger charge is 2.15. The monoisotopic (exact) mass is 259 g/mol. The maximum absolute atomic E-state index is 4.28. The van der Waals surface area contributed by atoms with Gasteiger partial charge in [0, 0.05) is 23.0 Å². The molecule has 1 atom stereocenters. The normalized spacial score (nSPS) is 12.7. The zero-order valence-electron chi connectivity index (χ0n) is 12.2. The third-order valence-electron chi connectivity index (χ3n) is 3.26. The molecule has 0 unspecified atom stereocenters. The molecule has 2 aromatic rings. The van der Waals surface area contributed by atoms with Crippen molar-refractivity contribution in [3.05, 3.63) is 35.0 Å². The molecule has 0 bridgehead atoms. The summed E-state index contributed by atoms with van der Waals surface area (Å²) in [6.07, 6.45) is 1.61. The fourth-order valence-corrected chi connectivity index (χ4v) is 2.26. The smallest absolute Gasteiger partial charge is 0.130 e. The number of hydrogen-bond donors (Lipinski definition) is 2. The molecule has 0 aliphatic heterocycles. The second-order valence-corrected chi connectivity index (χ2v) is 5.20. The summed E-state index contributed by atoms with van der Waals surface area (Å²) in [5.41, 5.74) is 4.36. The SMILES string of the molecule is Cc1n[nH]c(C)c1[C@@H](C)Nc1cc(C(C)C)ncn1. The molecular weight excluding hydrogens is 238 g/mol. The van der Waals surface area contributed by atoms with Gasteiger partial charge in [-0.1, -0.05) is 13.8 Å². The topological polar surface area (TPSA) is 66.5 Å². The van der Waals surface area contributed by atoms with E-state index in [1.54, 1.807) is 6.33 Å². The summed E-state index contributed by atoms with van der Waals surface area (Å²) in [5, 5.41) is 10.6. The van der Waals surface area contributed by atoms with Crippen molar-refractivity contribution in [2.75, 3.05) is 5.32 Å². The van der Waals surface area contributed by atoms with Crippen LogP contribution in [0.25, 0.3) is 0 Å². The van der Waals surface area contributed by atoms with Crippen molar-refractivity contribution in [2.24, 2.45) is 0 Å². The van der Waals surface area contributed by atoms with Gasteiger partial charge < -0.3 is 5.32 Å². The van der Waals surface area contributed by atoms with E-state index in [1.807, 2.05) is 19.9 Å². The highest BCUT2D eigenvalue weighted by Crippen LogP contribution is 2.23. The predicted octanol–water partition coefficient (Wildman–Crippen LogP) is 3.11. The van der Waals surface area contributed by atoms with Crippen molar-refractivity contribution < 1.29 is 0 Å². The Morgan fingerprint density at radius 3 is 2.47 bits per heavy atom. The zero-order valence-corrected chi connectivity index (χ0v) is 12.2. The molecule has 0 aliphatic carbocycles. The molecule has 0 radical (unpaired) electrons. The summed E-state index contributed by atoms with van der Waals surface area (Å²) in [6.45, 7) is 10.4. The van der Waals surface area contributed by atoms with E-state index in [2.05, 4.69) is 46.3 Å². The van der Waals surface area contributed by atoms with Crippen LogP contribution in [0.5, 0.6) is 0 Å². The van der Waals surface area contributed by atoms with Crippen LogP contribution in [0.3, 0.4) is 0 Å². The average molecular weight is 259 g/mol. The molecule has 0 fully saturated rings. The van der Waals surface area contributed by atoms with Gasteiger partial charge in [-0.2, -0.15) is 5.10 Å². The molecule has 0 aliphatic rings. The van der Waals surface area contributed by atoms with E-state index in [4.69, 9.17) is 0 Å². The van der Waals surface area contributed by atoms with Crippen LogP contribution in [0.15, 0.2) is 12.4 Å². The van der Waals surface area contributed by atoms with Gasteiger partial charge in [0.2, 0.25) is 0 Å². The first-order valence-electron chi connectivity index (χ1n) is 6.59. The molecule has 0 aromatic carbocycles. The van der Waals surface area contributed by atoms with E-state index in [1.165, 1.54) is 5.56 Å². The molecule has 2 aromatic heterocycles. The van der Waals surface area contributed by atoms with Crippen LogP contribution in [0, 0.1) is 13.8 Å². The molecule has 2 heterocycles. The second kappa shape index (κ2) is 5.38. The lowest BCUT2D eigenvalue weighted by atomic mass is 10.1. The summed E-state index contributed by atoms with van der Waals surface area (Å²) >= 11 is 0. The fraction of sp³-hybridized carbons (Fsp3) is 0.500. The Bertz CT molecular complexity index is 539. The van der Waals surface area contributed by atoms with Crippen molar-refractivity contribution in [3.8, 4) is 0 Å². The summed E-state index contributed by atoms with van der Waals surface area (Å²) in [5.74, 6) is 1.25. The van der Waals surface area contributed by atoms with E-state index >= 15 is 0 Å². The van der Waals surface area contributed by atoms with E-state index in [-0.39, 0.29) is 6.04 Å². The summed E-state index contributed by atoms with van der Waals surface area (Å²) in [4.78, 5) is 8.55. The summed E-state index contributed by atoms with van der Waals surface area (Å²) in [6, 6.07) is 2.17. The van der Waals surface area contributed by atoms with E-state index < -0.39 is 0 Å². The summed E-state index contributed by atoms with van der Waals surface area (Å²) < 4.78 is 0. The molecule has 0 saturated carbocycles. The Morgan fingerprint density at radius 1 is 1.16 bits per heavy atom. The minimum Gasteiger partial charge on any atom is -0.363 e. The van der Waals surface area contributed by atoms with Gasteiger partial charge in [-0.05, 0) is 26.7 Å². The van der Waals surface area contributed by atoms with Crippen LogP contribution >= 0.6 is 0 Å². The molecule has 2 rings (SSSR count). The number of rotatable bonds is 4. The number of nitrogens with one attached hydrogen (secondary N) is 2. The molecule has 19 heavy (non-hydrogen) atoms. The van der Waals surface area contributed by atoms with Crippen molar-refractivity contribution in [2.45, 2.75) is 46.6 Å². The predicted molar refractivity (Wildman–Crippen MR) is 76.2 cm³/mol. The lowest BCUT2D eigenvalue weighted by Crippen LogP contribution is -2.10. The van der Waals surface area contributed by atoms with Gasteiger partial charge in [0.05, 0.1) is 11.7 Å². The Labute approximate surface area is 113 Å². The molecule has 102 valence electrons. The molecule has 2 N–H and O–H groups in total. The van der Waals surface area contributed by atoms with Gasteiger partial charge >= 0.3 is 0 Å². The third kappa shape index (κ3) is 2.92. The van der Waals surface area contributed by atoms with Gasteiger partial charge in [0.1, 0.15) is 12.1 Å². The van der Waals surface area contributed by atoms with Crippen LogP contribution < -0.4 is 5.32 Å². The lowest BCUT2D eigenvalue weighted by Gasteiger charge is -2.16. The number of aryl methyl sites for hydroxylation is 2. The Morgan fingerprint density at radius 2 is 1.89 bits per heavy atom. The molecule has 5 nitrogen and oxygen atoms in total. The van der Waals surface area contributed by atoms with Crippen molar-refractivity contribution in [3.63, 3.8) is 0 Å². The molecule has 0 amide bonds. The average Bonchev–Trinajstić information content (AvgIpc) is 2.69. The van der Waals surface area contributed by atoms with Crippen LogP contribution in [0.2, 0.25) is 0 Å². The second-order valence-electron chi connectivity index (χ2n) is 5.20. The Kier molecular flexibility index (Phi) is 3.83. The van der Waals surface area contributed by atoms with Crippen molar-refractivity contribution in [1.82, 2.24) is 20.2 Å². The van der Waals surface area contributed by atoms with Crippen LogP contribution in [0.4, 0.5) is 5.82 Å². The Hall–Kier alpha value is -1.91. The first-order valence-corrected chi connectivity index (χ1v) is 6.59. The largest absolute Gasteiger partial charge is 0.363 e. The number of anilines is 1. The minimum absolute atomic E-state index is 0.161. The van der Waals surface area contributed by atoms with Gasteiger partial charge in [-0.15, -0.1) is 0 Å².